The summed E-state index contributed by atoms with van der Waals surface area (Å²) in [5.41, 5.74) is 0. The van der Waals surface area contributed by atoms with Crippen molar-refractivity contribution in [3.05, 3.63) is 24.2 Å². The lowest BCUT2D eigenvalue weighted by Gasteiger charge is -1.67. The molecule has 0 fully saturated rings. The zero-order chi connectivity index (χ0) is 4.99. The van der Waals surface area contributed by atoms with Gasteiger partial charge in [0.15, 0.2) is 0 Å². The molecule has 1 heteroatoms. The largest absolute Gasteiger partial charge is 0.0976 e. The minimum absolute atomic E-state index is 0.370. The van der Waals surface area contributed by atoms with E-state index < -0.39 is 0 Å². The Kier molecular flexibility index (Phi) is 1.21. The van der Waals surface area contributed by atoms with E-state index >= 15 is 0 Å². The van der Waals surface area contributed by atoms with E-state index in [0.717, 1.165) is 6.55 Å². The van der Waals surface area contributed by atoms with Crippen molar-refractivity contribution in [1.29, 1.82) is 0 Å². The Labute approximate surface area is 38.2 Å². The molecule has 0 aromatic carbocycles. The molecule has 0 aliphatic carbocycles. The summed E-state index contributed by atoms with van der Waals surface area (Å²) in [5, 5.41) is 0.370. The normalized spacial score (nSPS) is 13.8. The highest BCUT2D eigenvalue weighted by molar-refractivity contribution is 6.30. The van der Waals surface area contributed by atoms with Crippen molar-refractivity contribution in [3.63, 3.8) is 0 Å². The number of hydrogen-bond donors (Lipinski definition) is 0. The van der Waals surface area contributed by atoms with Crippen LogP contribution in [0.5, 0.6) is 0 Å². The van der Waals surface area contributed by atoms with Gasteiger partial charge in [-0.15, -0.1) is 0 Å². The maximum absolute atomic E-state index is 6.44. The molecular formula is C4H5Cl. The van der Waals surface area contributed by atoms with Crippen LogP contribution in [0.15, 0.2) is 24.2 Å². The van der Waals surface area contributed by atoms with Crippen molar-refractivity contribution in [1.82, 2.24) is 0 Å². The highest BCUT2D eigenvalue weighted by Gasteiger charge is 1.63. The van der Waals surface area contributed by atoms with Crippen LogP contribution in [0.1, 0.15) is 1.37 Å². The molecule has 0 spiro atoms. The van der Waals surface area contributed by atoms with E-state index in [0.29, 0.717) is 5.03 Å². The zero-order valence-corrected chi connectivity index (χ0v) is 3.50. The lowest BCUT2D eigenvalue weighted by atomic mass is 10.6. The minimum atomic E-state index is 0.370. The Morgan fingerprint density at radius 2 is 2.80 bits per heavy atom. The van der Waals surface area contributed by atoms with Crippen molar-refractivity contribution in [3.8, 4) is 0 Å². The Bertz CT molecular complexity index is 75.6. The van der Waals surface area contributed by atoms with Crippen LogP contribution in [0.2, 0.25) is 0 Å². The monoisotopic (exact) mass is 89.0 g/mol. The van der Waals surface area contributed by atoms with Gasteiger partial charge in [0.05, 0.1) is 1.37 Å². The third kappa shape index (κ3) is 3.77. The number of halogens is 1. The molecule has 0 nitrogen and oxygen atoms in total. The molecular weight excluding hydrogens is 83.5 g/mol. The van der Waals surface area contributed by atoms with Gasteiger partial charge < -0.3 is 0 Å². The molecule has 0 amide bonds. The first-order chi connectivity index (χ1) is 2.81. The molecule has 0 radical (unpaired) electrons. The summed E-state index contributed by atoms with van der Waals surface area (Å²) in [6.45, 7) is 4.35. The molecule has 0 aromatic heterocycles. The van der Waals surface area contributed by atoms with E-state index in [4.69, 9.17) is 13.0 Å². The lowest BCUT2D eigenvalue weighted by Crippen LogP contribution is -1.42. The van der Waals surface area contributed by atoms with Crippen LogP contribution in [0.3, 0.4) is 0 Å². The minimum Gasteiger partial charge on any atom is -0.0976 e. The molecule has 0 aliphatic rings. The van der Waals surface area contributed by atoms with Gasteiger partial charge >= 0.3 is 0 Å². The molecule has 0 rings (SSSR count). The molecule has 0 saturated heterocycles. The van der Waals surface area contributed by atoms with Crippen LogP contribution in [-0.2, 0) is 0 Å². The van der Waals surface area contributed by atoms with Crippen molar-refractivity contribution in [2.75, 3.05) is 0 Å². The summed E-state index contributed by atoms with van der Waals surface area (Å²) >= 11 is 5.21. The van der Waals surface area contributed by atoms with Gasteiger partial charge in [-0.3, -0.25) is 0 Å². The Morgan fingerprint density at radius 3 is 2.80 bits per heavy atom. The van der Waals surface area contributed by atoms with Crippen LogP contribution in [0, 0.1) is 0 Å². The molecule has 0 N–H and O–H groups in total. The van der Waals surface area contributed by atoms with Gasteiger partial charge in [-0.2, -0.15) is 0 Å². The molecule has 0 aliphatic heterocycles. The van der Waals surface area contributed by atoms with Gasteiger partial charge in [-0.25, -0.2) is 0 Å². The van der Waals surface area contributed by atoms with E-state index in [2.05, 4.69) is 6.58 Å². The van der Waals surface area contributed by atoms with E-state index in [1.807, 2.05) is 0 Å². The third-order valence-corrected chi connectivity index (χ3v) is 0.349. The Morgan fingerprint density at radius 1 is 2.20 bits per heavy atom. The zero-order valence-electron chi connectivity index (χ0n) is 3.74. The van der Waals surface area contributed by atoms with Gasteiger partial charge in [0.1, 0.15) is 0 Å². The summed E-state index contributed by atoms with van der Waals surface area (Å²) in [4.78, 5) is 0. The molecule has 28 valence electrons. The van der Waals surface area contributed by atoms with Crippen LogP contribution >= 0.6 is 11.6 Å². The Hall–Kier alpha value is -0.230. The second-order valence-corrected chi connectivity index (χ2v) is 1.03. The molecule has 0 aromatic rings. The summed E-state index contributed by atoms with van der Waals surface area (Å²) in [5.74, 6) is 0. The second-order valence-electron chi connectivity index (χ2n) is 0.589. The molecule has 0 bridgehead atoms. The van der Waals surface area contributed by atoms with Crippen LogP contribution in [0.25, 0.3) is 0 Å². The predicted octanol–water partition coefficient (Wildman–Crippen LogP) is 1.92. The van der Waals surface area contributed by atoms with E-state index in [-0.39, 0.29) is 0 Å². The maximum Gasteiger partial charge on any atom is 0.0553 e. The smallest absolute Gasteiger partial charge is 0.0553 e. The first-order valence-electron chi connectivity index (χ1n) is 1.75. The number of allylic oxidation sites excluding steroid dienone is 2. The maximum atomic E-state index is 6.44. The molecule has 5 heavy (non-hydrogen) atoms. The highest BCUT2D eigenvalue weighted by atomic mass is 35.5. The van der Waals surface area contributed by atoms with Crippen LogP contribution in [-0.4, -0.2) is 0 Å². The van der Waals surface area contributed by atoms with Crippen molar-refractivity contribution in [2.45, 2.75) is 0 Å². The van der Waals surface area contributed by atoms with Crippen molar-refractivity contribution < 1.29 is 1.37 Å². The van der Waals surface area contributed by atoms with Gasteiger partial charge in [0.25, 0.3) is 0 Å². The van der Waals surface area contributed by atoms with E-state index in [9.17, 15) is 0 Å². The van der Waals surface area contributed by atoms with Crippen LogP contribution in [0.4, 0.5) is 0 Å². The number of rotatable bonds is 1. The average molecular weight is 89.5 g/mol. The first kappa shape index (κ1) is 2.98. The molecule has 0 unspecified atom stereocenters. The van der Waals surface area contributed by atoms with Gasteiger partial charge in [-0.1, -0.05) is 30.8 Å². The van der Waals surface area contributed by atoms with Gasteiger partial charge in [0, 0.05) is 5.03 Å². The third-order valence-electron chi connectivity index (χ3n) is 0.195. The summed E-state index contributed by atoms with van der Waals surface area (Å²) < 4.78 is 6.44. The summed E-state index contributed by atoms with van der Waals surface area (Å²) in [7, 11) is 0. The fraction of sp³-hybridized carbons (Fsp3) is 0. The Balaban J connectivity index is 3.50. The molecule has 0 heterocycles. The van der Waals surface area contributed by atoms with Crippen molar-refractivity contribution in [2.24, 2.45) is 0 Å². The fourth-order valence-electron chi connectivity index (χ4n) is 0. The average Bonchev–Trinajstić information content (AvgIpc) is 1.65. The highest BCUT2D eigenvalue weighted by Crippen LogP contribution is 1.92. The van der Waals surface area contributed by atoms with Gasteiger partial charge in [0.2, 0.25) is 0 Å². The first-order valence-corrected chi connectivity index (χ1v) is 1.55. The van der Waals surface area contributed by atoms with Crippen molar-refractivity contribution >= 4 is 11.6 Å². The van der Waals surface area contributed by atoms with E-state index in [1.54, 1.807) is 0 Å². The van der Waals surface area contributed by atoms with Gasteiger partial charge in [-0.05, 0) is 0 Å². The molecule has 0 saturated carbocycles. The lowest BCUT2D eigenvalue weighted by molar-refractivity contribution is 2.04. The number of hydrogen-bond acceptors (Lipinski definition) is 0. The predicted molar refractivity (Wildman–Crippen MR) is 25.2 cm³/mol. The molecule has 0 atom stereocenters. The fourth-order valence-corrected chi connectivity index (χ4v) is 0. The topological polar surface area (TPSA) is 0 Å². The quantitative estimate of drug-likeness (QED) is 0.431. The SMILES string of the molecule is [2H]C=C(Cl)C=C. The summed E-state index contributed by atoms with van der Waals surface area (Å²) in [6, 6.07) is 0. The standard InChI is InChI=1S/C4H5Cl/c1-3-4(2)5/h3H,1-2H2/i2D. The van der Waals surface area contributed by atoms with Crippen LogP contribution < -0.4 is 0 Å². The van der Waals surface area contributed by atoms with E-state index in [1.165, 1.54) is 6.08 Å². The second kappa shape index (κ2) is 2.04. The summed E-state index contributed by atoms with van der Waals surface area (Å²) in [6.07, 6.45) is 1.41.